The highest BCUT2D eigenvalue weighted by molar-refractivity contribution is 5.29. The zero-order chi connectivity index (χ0) is 14.4. The number of hydrogen-bond acceptors (Lipinski definition) is 3. The molecule has 0 heterocycles. The summed E-state index contributed by atoms with van der Waals surface area (Å²) in [5, 5.41) is 13.8. The van der Waals surface area contributed by atoms with Gasteiger partial charge in [0.25, 0.3) is 0 Å². The summed E-state index contributed by atoms with van der Waals surface area (Å²) in [6.45, 7) is 5.69. The lowest BCUT2D eigenvalue weighted by atomic mass is 10.0. The molecule has 1 unspecified atom stereocenters. The number of ether oxygens (including phenoxy) is 1. The monoisotopic (exact) mass is 277 g/mol. The molecule has 1 aromatic rings. The summed E-state index contributed by atoms with van der Waals surface area (Å²) in [5.41, 5.74) is 0.744. The molecule has 3 heteroatoms. The van der Waals surface area contributed by atoms with Crippen LogP contribution in [0.4, 0.5) is 0 Å². The minimum Gasteiger partial charge on any atom is -0.494 e. The Balaban J connectivity index is 1.84. The Labute approximate surface area is 122 Å². The van der Waals surface area contributed by atoms with Gasteiger partial charge in [-0.3, -0.25) is 0 Å². The maximum Gasteiger partial charge on any atom is 0.119 e. The smallest absolute Gasteiger partial charge is 0.119 e. The maximum absolute atomic E-state index is 10.3. The van der Waals surface area contributed by atoms with E-state index in [-0.39, 0.29) is 6.04 Å². The number of benzene rings is 1. The largest absolute Gasteiger partial charge is 0.494 e. The molecule has 0 spiro atoms. The molecule has 0 radical (unpaired) electrons. The zero-order valence-corrected chi connectivity index (χ0v) is 12.7. The lowest BCUT2D eigenvalue weighted by Gasteiger charge is -2.25. The summed E-state index contributed by atoms with van der Waals surface area (Å²) < 4.78 is 5.59. The molecule has 1 aromatic carbocycles. The molecule has 20 heavy (non-hydrogen) atoms. The summed E-state index contributed by atoms with van der Waals surface area (Å²) in [4.78, 5) is 0. The van der Waals surface area contributed by atoms with Gasteiger partial charge in [-0.05, 0) is 43.9 Å². The molecule has 1 atom stereocenters. The molecule has 1 aliphatic carbocycles. The van der Waals surface area contributed by atoms with Crippen molar-refractivity contribution >= 4 is 0 Å². The van der Waals surface area contributed by atoms with Crippen LogP contribution >= 0.6 is 0 Å². The fourth-order valence-electron chi connectivity index (χ4n) is 2.74. The van der Waals surface area contributed by atoms with Crippen molar-refractivity contribution in [3.63, 3.8) is 0 Å². The van der Waals surface area contributed by atoms with Crippen molar-refractivity contribution in [2.45, 2.75) is 57.6 Å². The van der Waals surface area contributed by atoms with E-state index in [4.69, 9.17) is 4.74 Å². The van der Waals surface area contributed by atoms with Crippen molar-refractivity contribution in [1.29, 1.82) is 0 Å². The Morgan fingerprint density at radius 1 is 1.25 bits per heavy atom. The average molecular weight is 277 g/mol. The van der Waals surface area contributed by atoms with Crippen LogP contribution in [-0.2, 0) is 0 Å². The van der Waals surface area contributed by atoms with Crippen molar-refractivity contribution in [3.8, 4) is 5.75 Å². The third-order valence-electron chi connectivity index (χ3n) is 4.12. The van der Waals surface area contributed by atoms with Gasteiger partial charge in [0.1, 0.15) is 5.75 Å². The molecule has 1 saturated carbocycles. The molecule has 1 fully saturated rings. The molecule has 0 saturated heterocycles. The van der Waals surface area contributed by atoms with E-state index in [1.807, 2.05) is 12.1 Å². The molecule has 2 N–H and O–H groups in total. The second kappa shape index (κ2) is 7.09. The van der Waals surface area contributed by atoms with Crippen molar-refractivity contribution < 1.29 is 9.84 Å². The highest BCUT2D eigenvalue weighted by Gasteiger charge is 2.30. The minimum absolute atomic E-state index is 0.250. The Hall–Kier alpha value is -1.06. The SMILES string of the molecule is CCCOc1ccc(C(C)NCC2(O)CCCC2)cc1. The van der Waals surface area contributed by atoms with Gasteiger partial charge in [0.2, 0.25) is 0 Å². The van der Waals surface area contributed by atoms with Gasteiger partial charge in [-0.25, -0.2) is 0 Å². The van der Waals surface area contributed by atoms with E-state index in [1.165, 1.54) is 5.56 Å². The normalized spacial score (nSPS) is 18.9. The standard InChI is InChI=1S/C17H27NO2/c1-3-12-20-16-8-6-15(7-9-16)14(2)18-13-17(19)10-4-5-11-17/h6-9,14,18-19H,3-5,10-13H2,1-2H3. The number of rotatable bonds is 7. The van der Waals surface area contributed by atoms with E-state index in [0.717, 1.165) is 44.5 Å². The lowest BCUT2D eigenvalue weighted by molar-refractivity contribution is 0.0453. The summed E-state index contributed by atoms with van der Waals surface area (Å²) in [6.07, 6.45) is 5.18. The average Bonchev–Trinajstić information content (AvgIpc) is 2.90. The van der Waals surface area contributed by atoms with Crippen LogP contribution in [0.5, 0.6) is 5.75 Å². The fraction of sp³-hybridized carbons (Fsp3) is 0.647. The van der Waals surface area contributed by atoms with Crippen molar-refractivity contribution in [3.05, 3.63) is 29.8 Å². The summed E-state index contributed by atoms with van der Waals surface area (Å²) in [6, 6.07) is 8.49. The minimum atomic E-state index is -0.488. The van der Waals surface area contributed by atoms with Gasteiger partial charge in [0.15, 0.2) is 0 Å². The molecule has 0 aromatic heterocycles. The van der Waals surface area contributed by atoms with Gasteiger partial charge in [-0.15, -0.1) is 0 Å². The zero-order valence-electron chi connectivity index (χ0n) is 12.7. The summed E-state index contributed by atoms with van der Waals surface area (Å²) in [5.74, 6) is 0.928. The molecule has 3 nitrogen and oxygen atoms in total. The highest BCUT2D eigenvalue weighted by atomic mass is 16.5. The third-order valence-corrected chi connectivity index (χ3v) is 4.12. The van der Waals surface area contributed by atoms with Crippen LogP contribution in [0.15, 0.2) is 24.3 Å². The fourth-order valence-corrected chi connectivity index (χ4v) is 2.74. The van der Waals surface area contributed by atoms with E-state index in [1.54, 1.807) is 0 Å². The number of nitrogens with one attached hydrogen (secondary N) is 1. The Morgan fingerprint density at radius 3 is 2.50 bits per heavy atom. The Bertz CT molecular complexity index is 396. The van der Waals surface area contributed by atoms with Crippen LogP contribution in [0.2, 0.25) is 0 Å². The first kappa shape index (κ1) is 15.3. The third kappa shape index (κ3) is 4.22. The first-order valence-electron chi connectivity index (χ1n) is 7.81. The first-order valence-corrected chi connectivity index (χ1v) is 7.81. The highest BCUT2D eigenvalue weighted by Crippen LogP contribution is 2.29. The predicted molar refractivity (Wildman–Crippen MR) is 82.1 cm³/mol. The maximum atomic E-state index is 10.3. The van der Waals surface area contributed by atoms with Crippen LogP contribution in [0.1, 0.15) is 57.6 Å². The molecular weight excluding hydrogens is 250 g/mol. The van der Waals surface area contributed by atoms with Crippen LogP contribution in [0.25, 0.3) is 0 Å². The van der Waals surface area contributed by atoms with E-state index < -0.39 is 5.60 Å². The second-order valence-corrected chi connectivity index (χ2v) is 5.95. The van der Waals surface area contributed by atoms with E-state index in [0.29, 0.717) is 6.54 Å². The van der Waals surface area contributed by atoms with Gasteiger partial charge in [-0.2, -0.15) is 0 Å². The van der Waals surface area contributed by atoms with E-state index in [9.17, 15) is 5.11 Å². The molecule has 112 valence electrons. The summed E-state index contributed by atoms with van der Waals surface area (Å²) in [7, 11) is 0. The lowest BCUT2D eigenvalue weighted by Crippen LogP contribution is -2.39. The first-order chi connectivity index (χ1) is 9.63. The Morgan fingerprint density at radius 2 is 1.90 bits per heavy atom. The van der Waals surface area contributed by atoms with Crippen molar-refractivity contribution in [2.75, 3.05) is 13.2 Å². The van der Waals surface area contributed by atoms with Gasteiger partial charge >= 0.3 is 0 Å². The molecule has 1 aliphatic rings. The van der Waals surface area contributed by atoms with E-state index in [2.05, 4.69) is 31.3 Å². The van der Waals surface area contributed by atoms with Crippen LogP contribution < -0.4 is 10.1 Å². The quantitative estimate of drug-likeness (QED) is 0.802. The predicted octanol–water partition coefficient (Wildman–Crippen LogP) is 3.43. The molecule has 2 rings (SSSR count). The summed E-state index contributed by atoms with van der Waals surface area (Å²) >= 11 is 0. The van der Waals surface area contributed by atoms with Gasteiger partial charge in [0, 0.05) is 12.6 Å². The topological polar surface area (TPSA) is 41.5 Å². The van der Waals surface area contributed by atoms with E-state index >= 15 is 0 Å². The molecule has 0 bridgehead atoms. The van der Waals surface area contributed by atoms with Crippen molar-refractivity contribution in [2.24, 2.45) is 0 Å². The van der Waals surface area contributed by atoms with Crippen LogP contribution in [-0.4, -0.2) is 23.9 Å². The van der Waals surface area contributed by atoms with Gasteiger partial charge in [-0.1, -0.05) is 31.9 Å². The molecule has 0 amide bonds. The molecule has 0 aliphatic heterocycles. The van der Waals surface area contributed by atoms with Gasteiger partial charge in [0.05, 0.1) is 12.2 Å². The van der Waals surface area contributed by atoms with Crippen LogP contribution in [0, 0.1) is 0 Å². The van der Waals surface area contributed by atoms with Gasteiger partial charge < -0.3 is 15.2 Å². The number of hydrogen-bond donors (Lipinski definition) is 2. The Kier molecular flexibility index (Phi) is 5.44. The van der Waals surface area contributed by atoms with Crippen molar-refractivity contribution in [1.82, 2.24) is 5.32 Å². The molecular formula is C17H27NO2. The van der Waals surface area contributed by atoms with Crippen LogP contribution in [0.3, 0.4) is 0 Å². The second-order valence-electron chi connectivity index (χ2n) is 5.95. The number of aliphatic hydroxyl groups is 1.